The van der Waals surface area contributed by atoms with Crippen molar-refractivity contribution in [3.63, 3.8) is 0 Å². The van der Waals surface area contributed by atoms with Crippen LogP contribution in [-0.2, 0) is 20.9 Å². The minimum atomic E-state index is -1.12. The van der Waals surface area contributed by atoms with E-state index >= 15 is 0 Å². The Hall–Kier alpha value is -1.82. The van der Waals surface area contributed by atoms with E-state index in [4.69, 9.17) is 14.3 Å². The van der Waals surface area contributed by atoms with Gasteiger partial charge in [0.25, 0.3) is 0 Å². The third kappa shape index (κ3) is 5.01. The van der Waals surface area contributed by atoms with Crippen molar-refractivity contribution in [3.05, 3.63) is 24.2 Å². The summed E-state index contributed by atoms with van der Waals surface area (Å²) in [6.07, 6.45) is 2.20. The Kier molecular flexibility index (Phi) is 5.93. The van der Waals surface area contributed by atoms with E-state index in [1.807, 2.05) is 6.07 Å². The largest absolute Gasteiger partial charge is 0.481 e. The van der Waals surface area contributed by atoms with E-state index < -0.39 is 17.8 Å². The third-order valence-electron chi connectivity index (χ3n) is 2.35. The van der Waals surface area contributed by atoms with Crippen LogP contribution in [0.25, 0.3) is 0 Å². The molecule has 1 aromatic rings. The molecule has 0 saturated heterocycles. The Bertz CT molecular complexity index is 374. The van der Waals surface area contributed by atoms with Crippen LogP contribution < -0.4 is 5.32 Å². The number of ether oxygens (including phenoxy) is 1. The summed E-state index contributed by atoms with van der Waals surface area (Å²) in [7, 11) is 0. The number of carboxylic acid groups (broad SMARTS) is 1. The molecule has 1 heterocycles. The van der Waals surface area contributed by atoms with Gasteiger partial charge in [0, 0.05) is 13.2 Å². The fourth-order valence-corrected chi connectivity index (χ4v) is 1.22. The maximum absolute atomic E-state index is 11.3. The van der Waals surface area contributed by atoms with Crippen LogP contribution in [0.1, 0.15) is 19.1 Å². The molecule has 18 heavy (non-hydrogen) atoms. The molecular weight excluding hydrogens is 238 g/mol. The smallest absolute Gasteiger partial charge is 0.315 e. The van der Waals surface area contributed by atoms with E-state index in [0.29, 0.717) is 26.2 Å². The summed E-state index contributed by atoms with van der Waals surface area (Å²) in [5.74, 6) is -1.87. The molecule has 1 atom stereocenters. The number of furan rings is 1. The van der Waals surface area contributed by atoms with Crippen LogP contribution in [0, 0.1) is 5.92 Å². The molecule has 0 spiro atoms. The van der Waals surface area contributed by atoms with Crippen molar-refractivity contribution in [3.8, 4) is 0 Å². The first-order valence-electron chi connectivity index (χ1n) is 5.72. The summed E-state index contributed by atoms with van der Waals surface area (Å²) >= 11 is 0. The highest BCUT2D eigenvalue weighted by atomic mass is 16.5. The average Bonchev–Trinajstić information content (AvgIpc) is 2.85. The summed E-state index contributed by atoms with van der Waals surface area (Å²) in [6.45, 7) is 2.62. The number of hydrogen-bond acceptors (Lipinski definition) is 4. The molecule has 0 aliphatic heterocycles. The summed E-state index contributed by atoms with van der Waals surface area (Å²) in [6, 6.07) is 3.60. The van der Waals surface area contributed by atoms with E-state index in [1.54, 1.807) is 12.3 Å². The minimum absolute atomic E-state index is 0.395. The summed E-state index contributed by atoms with van der Waals surface area (Å²) in [4.78, 5) is 21.8. The van der Waals surface area contributed by atoms with Crippen molar-refractivity contribution < 1.29 is 23.8 Å². The lowest BCUT2D eigenvalue weighted by Gasteiger charge is -2.08. The predicted octanol–water partition coefficient (Wildman–Crippen LogP) is 1.02. The van der Waals surface area contributed by atoms with Gasteiger partial charge in [0.05, 0.1) is 6.26 Å². The second-order valence-corrected chi connectivity index (χ2v) is 3.84. The van der Waals surface area contributed by atoms with Gasteiger partial charge in [0.15, 0.2) is 0 Å². The van der Waals surface area contributed by atoms with Crippen molar-refractivity contribution in [1.29, 1.82) is 0 Å². The number of hydrogen-bond donors (Lipinski definition) is 2. The van der Waals surface area contributed by atoms with Crippen LogP contribution in [0.4, 0.5) is 0 Å². The molecule has 6 nitrogen and oxygen atoms in total. The highest BCUT2D eigenvalue weighted by Gasteiger charge is 2.19. The van der Waals surface area contributed by atoms with Crippen LogP contribution in [0.3, 0.4) is 0 Å². The van der Waals surface area contributed by atoms with Crippen LogP contribution in [-0.4, -0.2) is 30.1 Å². The molecule has 0 aliphatic rings. The topological polar surface area (TPSA) is 88.8 Å². The fraction of sp³-hybridized carbons (Fsp3) is 0.500. The van der Waals surface area contributed by atoms with Gasteiger partial charge in [-0.25, -0.2) is 0 Å². The first-order valence-corrected chi connectivity index (χ1v) is 5.72. The normalized spacial score (nSPS) is 12.1. The second-order valence-electron chi connectivity index (χ2n) is 3.84. The molecule has 0 fully saturated rings. The molecule has 1 unspecified atom stereocenters. The lowest BCUT2D eigenvalue weighted by molar-refractivity contribution is -0.146. The monoisotopic (exact) mass is 255 g/mol. The standard InChI is InChI=1S/C12H17NO5/c1-9(12(15)16)11(14)13-5-3-6-17-8-10-4-2-7-18-10/h2,4,7,9H,3,5-6,8H2,1H3,(H,13,14)(H,15,16). The minimum Gasteiger partial charge on any atom is -0.481 e. The SMILES string of the molecule is CC(C(=O)O)C(=O)NCCCOCc1ccco1. The van der Waals surface area contributed by atoms with Gasteiger partial charge in [-0.15, -0.1) is 0 Å². The lowest BCUT2D eigenvalue weighted by atomic mass is 10.2. The maximum atomic E-state index is 11.3. The van der Waals surface area contributed by atoms with Crippen LogP contribution in [0.5, 0.6) is 0 Å². The molecule has 1 rings (SSSR count). The van der Waals surface area contributed by atoms with Gasteiger partial charge < -0.3 is 19.6 Å². The number of nitrogens with one attached hydrogen (secondary N) is 1. The van der Waals surface area contributed by atoms with Gasteiger partial charge in [-0.2, -0.15) is 0 Å². The number of carboxylic acids is 1. The van der Waals surface area contributed by atoms with Gasteiger partial charge in [0.2, 0.25) is 5.91 Å². The highest BCUT2D eigenvalue weighted by Crippen LogP contribution is 2.01. The van der Waals surface area contributed by atoms with Crippen molar-refractivity contribution >= 4 is 11.9 Å². The van der Waals surface area contributed by atoms with Gasteiger partial charge >= 0.3 is 5.97 Å². The maximum Gasteiger partial charge on any atom is 0.315 e. The Morgan fingerprint density at radius 2 is 2.33 bits per heavy atom. The molecule has 6 heteroatoms. The molecule has 2 N–H and O–H groups in total. The Morgan fingerprint density at radius 1 is 1.56 bits per heavy atom. The Morgan fingerprint density at radius 3 is 2.94 bits per heavy atom. The number of rotatable bonds is 8. The second kappa shape index (κ2) is 7.50. The zero-order chi connectivity index (χ0) is 13.4. The first-order chi connectivity index (χ1) is 8.61. The molecule has 1 amide bonds. The van der Waals surface area contributed by atoms with Gasteiger partial charge in [-0.05, 0) is 25.5 Å². The van der Waals surface area contributed by atoms with E-state index in [-0.39, 0.29) is 0 Å². The number of amides is 1. The Labute approximate surface area is 105 Å². The van der Waals surface area contributed by atoms with Gasteiger partial charge in [0.1, 0.15) is 18.3 Å². The molecule has 0 saturated carbocycles. The summed E-state index contributed by atoms with van der Waals surface area (Å²) < 4.78 is 10.4. The first kappa shape index (κ1) is 14.2. The van der Waals surface area contributed by atoms with Crippen LogP contribution in [0.2, 0.25) is 0 Å². The van der Waals surface area contributed by atoms with E-state index in [1.165, 1.54) is 6.92 Å². The predicted molar refractivity (Wildman–Crippen MR) is 62.8 cm³/mol. The van der Waals surface area contributed by atoms with Crippen LogP contribution in [0.15, 0.2) is 22.8 Å². The van der Waals surface area contributed by atoms with E-state index in [2.05, 4.69) is 5.32 Å². The molecule has 0 radical (unpaired) electrons. The fourth-order valence-electron chi connectivity index (χ4n) is 1.22. The number of aliphatic carboxylic acids is 1. The molecular formula is C12H17NO5. The quantitative estimate of drug-likeness (QED) is 0.535. The molecule has 1 aromatic heterocycles. The summed E-state index contributed by atoms with van der Waals surface area (Å²) in [5.41, 5.74) is 0. The molecule has 100 valence electrons. The lowest BCUT2D eigenvalue weighted by Crippen LogP contribution is -2.34. The van der Waals surface area contributed by atoms with Gasteiger partial charge in [-0.3, -0.25) is 9.59 Å². The number of carbonyl (C=O) groups excluding carboxylic acids is 1. The van der Waals surface area contributed by atoms with Crippen LogP contribution >= 0.6 is 0 Å². The highest BCUT2D eigenvalue weighted by molar-refractivity contribution is 5.96. The van der Waals surface area contributed by atoms with E-state index in [0.717, 1.165) is 5.76 Å². The van der Waals surface area contributed by atoms with Crippen molar-refractivity contribution in [2.45, 2.75) is 20.0 Å². The van der Waals surface area contributed by atoms with Gasteiger partial charge in [-0.1, -0.05) is 0 Å². The molecule has 0 aromatic carbocycles. The molecule has 0 aliphatic carbocycles. The summed E-state index contributed by atoms with van der Waals surface area (Å²) in [5, 5.41) is 11.1. The molecule has 0 bridgehead atoms. The Balaban J connectivity index is 2.02. The number of carbonyl (C=O) groups is 2. The third-order valence-corrected chi connectivity index (χ3v) is 2.35. The zero-order valence-electron chi connectivity index (χ0n) is 10.2. The van der Waals surface area contributed by atoms with E-state index in [9.17, 15) is 9.59 Å². The average molecular weight is 255 g/mol. The van der Waals surface area contributed by atoms with Crippen molar-refractivity contribution in [2.24, 2.45) is 5.92 Å². The van der Waals surface area contributed by atoms with Crippen molar-refractivity contribution in [1.82, 2.24) is 5.32 Å². The van der Waals surface area contributed by atoms with Crippen molar-refractivity contribution in [2.75, 3.05) is 13.2 Å². The zero-order valence-corrected chi connectivity index (χ0v) is 10.2.